The Hall–Kier alpha value is -3.60. The van der Waals surface area contributed by atoms with Crippen LogP contribution >= 0.6 is 0 Å². The van der Waals surface area contributed by atoms with Gasteiger partial charge in [-0.2, -0.15) is 4.57 Å². The lowest BCUT2D eigenvalue weighted by Crippen LogP contribution is -2.42. The third kappa shape index (κ3) is 2.93. The normalized spacial score (nSPS) is 12.3. The number of benzene rings is 2. The van der Waals surface area contributed by atoms with Crippen LogP contribution in [0.1, 0.15) is 37.5 Å². The van der Waals surface area contributed by atoms with Crippen LogP contribution < -0.4 is 9.88 Å². The molecule has 0 saturated carbocycles. The SMILES string of the molecule is Cc1cccc[n+]1CC(=O)Nc1cccc2c1C(=O)c1ccccc1C2=O. The number of aryl methyl sites for hydroxylation is 1. The van der Waals surface area contributed by atoms with E-state index in [0.717, 1.165) is 5.69 Å². The van der Waals surface area contributed by atoms with Crippen LogP contribution in [-0.2, 0) is 11.3 Å². The van der Waals surface area contributed by atoms with Gasteiger partial charge in [-0.1, -0.05) is 42.5 Å². The maximum absolute atomic E-state index is 13.0. The minimum atomic E-state index is -0.262. The van der Waals surface area contributed by atoms with E-state index in [1.165, 1.54) is 0 Å². The molecule has 5 heteroatoms. The zero-order valence-electron chi connectivity index (χ0n) is 14.7. The molecule has 0 bridgehead atoms. The molecule has 1 aromatic heterocycles. The number of fused-ring (bicyclic) bond motifs is 2. The third-order valence-corrected chi connectivity index (χ3v) is 4.71. The van der Waals surface area contributed by atoms with Crippen molar-refractivity contribution in [2.45, 2.75) is 13.5 Å². The maximum atomic E-state index is 13.0. The van der Waals surface area contributed by atoms with Crippen LogP contribution in [0.15, 0.2) is 66.9 Å². The van der Waals surface area contributed by atoms with Crippen molar-refractivity contribution in [3.63, 3.8) is 0 Å². The quantitative estimate of drug-likeness (QED) is 0.573. The number of anilines is 1. The predicted octanol–water partition coefficient (Wildman–Crippen LogP) is 2.70. The molecule has 27 heavy (non-hydrogen) atoms. The van der Waals surface area contributed by atoms with Gasteiger partial charge < -0.3 is 5.32 Å². The highest BCUT2D eigenvalue weighted by Crippen LogP contribution is 2.31. The van der Waals surface area contributed by atoms with E-state index in [2.05, 4.69) is 5.32 Å². The first-order valence-electron chi connectivity index (χ1n) is 8.62. The van der Waals surface area contributed by atoms with E-state index in [0.29, 0.717) is 22.4 Å². The topological polar surface area (TPSA) is 67.1 Å². The lowest BCUT2D eigenvalue weighted by Gasteiger charge is -2.20. The average Bonchev–Trinajstić information content (AvgIpc) is 2.68. The second-order valence-corrected chi connectivity index (χ2v) is 6.45. The molecule has 1 heterocycles. The summed E-state index contributed by atoms with van der Waals surface area (Å²) in [7, 11) is 0. The number of ketones is 2. The van der Waals surface area contributed by atoms with Crippen molar-refractivity contribution in [2.75, 3.05) is 5.32 Å². The smallest absolute Gasteiger partial charge is 0.290 e. The molecule has 132 valence electrons. The van der Waals surface area contributed by atoms with Crippen molar-refractivity contribution in [1.29, 1.82) is 0 Å². The first kappa shape index (κ1) is 16.8. The number of hydrogen-bond acceptors (Lipinski definition) is 3. The lowest BCUT2D eigenvalue weighted by atomic mass is 9.83. The van der Waals surface area contributed by atoms with Crippen LogP contribution in [0.2, 0.25) is 0 Å². The number of nitrogens with zero attached hydrogens (tertiary/aromatic N) is 1. The Morgan fingerprint density at radius 2 is 1.52 bits per heavy atom. The molecular formula is C22H17N2O3+. The van der Waals surface area contributed by atoms with Gasteiger partial charge in [0.1, 0.15) is 0 Å². The van der Waals surface area contributed by atoms with E-state index in [1.807, 2.05) is 35.9 Å². The number of amides is 1. The van der Waals surface area contributed by atoms with E-state index in [-0.39, 0.29) is 29.6 Å². The Morgan fingerprint density at radius 1 is 0.852 bits per heavy atom. The van der Waals surface area contributed by atoms with Crippen molar-refractivity contribution in [3.8, 4) is 0 Å². The lowest BCUT2D eigenvalue weighted by molar-refractivity contribution is -0.690. The van der Waals surface area contributed by atoms with Crippen molar-refractivity contribution >= 4 is 23.2 Å². The number of carbonyl (C=O) groups is 3. The molecule has 1 N–H and O–H groups in total. The molecule has 1 aliphatic rings. The van der Waals surface area contributed by atoms with E-state index >= 15 is 0 Å². The summed E-state index contributed by atoms with van der Waals surface area (Å²) in [5, 5.41) is 2.79. The van der Waals surface area contributed by atoms with Gasteiger partial charge in [-0.25, -0.2) is 0 Å². The van der Waals surface area contributed by atoms with Gasteiger partial charge in [0.15, 0.2) is 23.5 Å². The van der Waals surface area contributed by atoms with Crippen LogP contribution in [-0.4, -0.2) is 17.5 Å². The fourth-order valence-electron chi connectivity index (χ4n) is 3.33. The first-order chi connectivity index (χ1) is 13.1. The molecule has 1 aliphatic carbocycles. The zero-order chi connectivity index (χ0) is 19.0. The molecule has 5 nitrogen and oxygen atoms in total. The molecule has 0 spiro atoms. The highest BCUT2D eigenvalue weighted by molar-refractivity contribution is 6.30. The van der Waals surface area contributed by atoms with Crippen molar-refractivity contribution in [1.82, 2.24) is 0 Å². The van der Waals surface area contributed by atoms with E-state index in [4.69, 9.17) is 0 Å². The van der Waals surface area contributed by atoms with E-state index < -0.39 is 0 Å². The Labute approximate surface area is 156 Å². The second kappa shape index (κ2) is 6.61. The average molecular weight is 357 g/mol. The molecule has 4 rings (SSSR count). The number of hydrogen-bond donors (Lipinski definition) is 1. The minimum Gasteiger partial charge on any atom is -0.320 e. The number of aromatic nitrogens is 1. The highest BCUT2D eigenvalue weighted by Gasteiger charge is 2.31. The summed E-state index contributed by atoms with van der Waals surface area (Å²) in [5.41, 5.74) is 2.64. The second-order valence-electron chi connectivity index (χ2n) is 6.45. The Balaban J connectivity index is 1.68. The zero-order valence-corrected chi connectivity index (χ0v) is 14.7. The number of rotatable bonds is 3. The molecule has 0 radical (unpaired) electrons. The molecule has 0 aliphatic heterocycles. The van der Waals surface area contributed by atoms with Crippen molar-refractivity contribution in [2.24, 2.45) is 0 Å². The van der Waals surface area contributed by atoms with Gasteiger partial charge in [0.2, 0.25) is 6.54 Å². The third-order valence-electron chi connectivity index (χ3n) is 4.71. The summed E-state index contributed by atoms with van der Waals surface area (Å²) in [6.07, 6.45) is 1.82. The van der Waals surface area contributed by atoms with Crippen LogP contribution in [0.5, 0.6) is 0 Å². The largest absolute Gasteiger partial charge is 0.320 e. The fraction of sp³-hybridized carbons (Fsp3) is 0.0909. The summed E-state index contributed by atoms with van der Waals surface area (Å²) in [4.78, 5) is 38.2. The maximum Gasteiger partial charge on any atom is 0.290 e. The Bertz CT molecular complexity index is 1100. The van der Waals surface area contributed by atoms with Crippen LogP contribution in [0.25, 0.3) is 0 Å². The molecule has 0 unspecified atom stereocenters. The summed E-state index contributed by atoms with van der Waals surface area (Å²) in [6.45, 7) is 2.03. The summed E-state index contributed by atoms with van der Waals surface area (Å²) in [5.74, 6) is -0.717. The van der Waals surface area contributed by atoms with Gasteiger partial charge in [0, 0.05) is 35.7 Å². The van der Waals surface area contributed by atoms with E-state index in [9.17, 15) is 14.4 Å². The van der Waals surface area contributed by atoms with E-state index in [1.54, 1.807) is 42.5 Å². The fourth-order valence-corrected chi connectivity index (χ4v) is 3.33. The van der Waals surface area contributed by atoms with Gasteiger partial charge in [-0.15, -0.1) is 0 Å². The Kier molecular flexibility index (Phi) is 4.12. The monoisotopic (exact) mass is 357 g/mol. The summed E-state index contributed by atoms with van der Waals surface area (Å²) < 4.78 is 1.81. The van der Waals surface area contributed by atoms with Gasteiger partial charge in [0.05, 0.1) is 11.3 Å². The van der Waals surface area contributed by atoms with Gasteiger partial charge in [-0.05, 0) is 6.07 Å². The molecule has 3 aromatic rings. The highest BCUT2D eigenvalue weighted by atomic mass is 16.2. The molecule has 2 aromatic carbocycles. The Morgan fingerprint density at radius 3 is 2.26 bits per heavy atom. The summed E-state index contributed by atoms with van der Waals surface area (Å²) >= 11 is 0. The number of carbonyl (C=O) groups excluding carboxylic acids is 3. The molecule has 1 amide bonds. The standard InChI is InChI=1S/C22H16N2O3/c1-14-7-4-5-12-24(14)13-19(25)23-18-11-6-10-17-20(18)22(27)16-9-3-2-8-15(16)21(17)26/h2-12H,13H2,1H3/p+1. The minimum absolute atomic E-state index is 0.120. The number of pyridine rings is 1. The van der Waals surface area contributed by atoms with Crippen molar-refractivity contribution < 1.29 is 19.0 Å². The molecule has 0 atom stereocenters. The van der Waals surface area contributed by atoms with Gasteiger partial charge in [-0.3, -0.25) is 14.4 Å². The molecule has 0 saturated heterocycles. The van der Waals surface area contributed by atoms with Crippen LogP contribution in [0.3, 0.4) is 0 Å². The van der Waals surface area contributed by atoms with Gasteiger partial charge >= 0.3 is 0 Å². The van der Waals surface area contributed by atoms with Gasteiger partial charge in [0.25, 0.3) is 5.91 Å². The van der Waals surface area contributed by atoms with Crippen molar-refractivity contribution in [3.05, 3.63) is 94.8 Å². The molecule has 0 fully saturated rings. The first-order valence-corrected chi connectivity index (χ1v) is 8.62. The molecular weight excluding hydrogens is 340 g/mol. The van der Waals surface area contributed by atoms with Crippen LogP contribution in [0.4, 0.5) is 5.69 Å². The number of nitrogens with one attached hydrogen (secondary N) is 1. The predicted molar refractivity (Wildman–Crippen MR) is 99.8 cm³/mol. The van der Waals surface area contributed by atoms with Crippen LogP contribution in [0, 0.1) is 6.92 Å². The summed E-state index contributed by atoms with van der Waals surface area (Å²) in [6, 6.07) is 17.4.